The van der Waals surface area contributed by atoms with Gasteiger partial charge in [0.2, 0.25) is 17.8 Å². The zero-order valence-corrected chi connectivity index (χ0v) is 18.5. The molecule has 0 bridgehead atoms. The Kier molecular flexibility index (Phi) is 5.45. The number of halogens is 2. The molecule has 32 heavy (non-hydrogen) atoms. The zero-order valence-electron chi connectivity index (χ0n) is 17.7. The van der Waals surface area contributed by atoms with Crippen LogP contribution in [0.1, 0.15) is 53.9 Å². The third-order valence-electron chi connectivity index (χ3n) is 6.98. The van der Waals surface area contributed by atoms with Crippen LogP contribution in [0.25, 0.3) is 0 Å². The second-order valence-corrected chi connectivity index (χ2v) is 10.1. The molecule has 1 spiro atoms. The van der Waals surface area contributed by atoms with Gasteiger partial charge in [-0.15, -0.1) is 11.3 Å². The number of carbonyl (C=O) groups is 2. The Balaban J connectivity index is 1.43. The van der Waals surface area contributed by atoms with E-state index in [1.165, 1.54) is 12.8 Å². The summed E-state index contributed by atoms with van der Waals surface area (Å²) < 4.78 is 32.7. The van der Waals surface area contributed by atoms with E-state index in [1.807, 2.05) is 0 Å². The SMILES string of the molecule is Cc1sc(N(C(=O)C2COC2)c2cc(F)nc(F)c2)nc1C(=O)N[C@H]1CCC12CCCC2. The number of anilines is 2. The Morgan fingerprint density at radius 1 is 1.16 bits per heavy atom. The van der Waals surface area contributed by atoms with Crippen molar-refractivity contribution in [1.29, 1.82) is 0 Å². The average Bonchev–Trinajstić information content (AvgIpc) is 3.32. The molecule has 3 fully saturated rings. The van der Waals surface area contributed by atoms with Crippen molar-refractivity contribution in [3.8, 4) is 0 Å². The monoisotopic (exact) mass is 462 g/mol. The Morgan fingerprint density at radius 3 is 2.41 bits per heavy atom. The molecule has 1 aliphatic heterocycles. The van der Waals surface area contributed by atoms with Crippen LogP contribution < -0.4 is 10.2 Å². The van der Waals surface area contributed by atoms with E-state index in [0.29, 0.717) is 4.88 Å². The van der Waals surface area contributed by atoms with E-state index in [9.17, 15) is 18.4 Å². The molecule has 1 N–H and O–H groups in total. The summed E-state index contributed by atoms with van der Waals surface area (Å²) in [6.07, 6.45) is 6.79. The van der Waals surface area contributed by atoms with Gasteiger partial charge in [-0.2, -0.15) is 13.8 Å². The fraction of sp³-hybridized carbons (Fsp3) is 0.545. The van der Waals surface area contributed by atoms with Crippen LogP contribution in [-0.2, 0) is 9.53 Å². The highest BCUT2D eigenvalue weighted by Crippen LogP contribution is 2.53. The number of nitrogens with zero attached hydrogens (tertiary/aromatic N) is 3. The zero-order chi connectivity index (χ0) is 22.5. The van der Waals surface area contributed by atoms with Crippen LogP contribution >= 0.6 is 11.3 Å². The molecule has 170 valence electrons. The maximum Gasteiger partial charge on any atom is 0.271 e. The predicted molar refractivity (Wildman–Crippen MR) is 114 cm³/mol. The molecular formula is C22H24F2N4O3S. The van der Waals surface area contributed by atoms with Crippen molar-refractivity contribution in [2.24, 2.45) is 11.3 Å². The number of pyridine rings is 1. The number of thiazole rings is 1. The summed E-state index contributed by atoms with van der Waals surface area (Å²) in [4.78, 5) is 35.5. The number of hydrogen-bond donors (Lipinski definition) is 1. The van der Waals surface area contributed by atoms with Gasteiger partial charge < -0.3 is 10.1 Å². The molecule has 7 nitrogen and oxygen atoms in total. The van der Waals surface area contributed by atoms with Crippen LogP contribution in [0.3, 0.4) is 0 Å². The highest BCUT2D eigenvalue weighted by atomic mass is 32.1. The number of amides is 2. The van der Waals surface area contributed by atoms with Crippen LogP contribution in [0.5, 0.6) is 0 Å². The summed E-state index contributed by atoms with van der Waals surface area (Å²) in [6, 6.07) is 2.11. The molecule has 2 aliphatic carbocycles. The van der Waals surface area contributed by atoms with E-state index < -0.39 is 17.8 Å². The Labute approximate surface area is 188 Å². The topological polar surface area (TPSA) is 84.4 Å². The van der Waals surface area contributed by atoms with E-state index in [2.05, 4.69) is 15.3 Å². The standard InChI is InChI=1S/C22H24F2N4O3S/c1-12-18(19(29)25-15-4-7-22(15)5-2-3-6-22)27-21(32-12)28(20(30)13-10-31-11-13)14-8-16(23)26-17(24)9-14/h8-9,13,15H,2-7,10-11H2,1H3,(H,25,29)/t15-/m0/s1. The minimum atomic E-state index is -1.04. The van der Waals surface area contributed by atoms with Gasteiger partial charge in [0, 0.05) is 23.1 Å². The van der Waals surface area contributed by atoms with Crippen molar-refractivity contribution in [2.75, 3.05) is 18.1 Å². The highest BCUT2D eigenvalue weighted by molar-refractivity contribution is 7.16. The molecule has 0 aromatic carbocycles. The fourth-order valence-corrected chi connectivity index (χ4v) is 5.92. The molecule has 2 aromatic rings. The average molecular weight is 463 g/mol. The normalized spacial score (nSPS) is 21.8. The lowest BCUT2D eigenvalue weighted by Crippen LogP contribution is -2.54. The lowest BCUT2D eigenvalue weighted by atomic mass is 9.63. The van der Waals surface area contributed by atoms with Crippen molar-refractivity contribution in [1.82, 2.24) is 15.3 Å². The van der Waals surface area contributed by atoms with E-state index in [4.69, 9.17) is 4.74 Å². The van der Waals surface area contributed by atoms with Crippen molar-refractivity contribution in [2.45, 2.75) is 51.5 Å². The molecule has 2 amide bonds. The molecule has 0 unspecified atom stereocenters. The van der Waals surface area contributed by atoms with Crippen LogP contribution in [-0.4, -0.2) is 41.0 Å². The molecule has 10 heteroatoms. The molecule has 1 saturated heterocycles. The summed E-state index contributed by atoms with van der Waals surface area (Å²) in [6.45, 7) is 2.21. The predicted octanol–water partition coefficient (Wildman–Crippen LogP) is 3.89. The first-order valence-electron chi connectivity index (χ1n) is 10.9. The summed E-state index contributed by atoms with van der Waals surface area (Å²) >= 11 is 1.14. The first-order valence-corrected chi connectivity index (χ1v) is 11.7. The maximum absolute atomic E-state index is 13.8. The van der Waals surface area contributed by atoms with Crippen LogP contribution in [0.4, 0.5) is 19.6 Å². The lowest BCUT2D eigenvalue weighted by molar-refractivity contribution is -0.135. The molecule has 5 rings (SSSR count). The number of aryl methyl sites for hydroxylation is 1. The van der Waals surface area contributed by atoms with Crippen LogP contribution in [0.2, 0.25) is 0 Å². The van der Waals surface area contributed by atoms with Gasteiger partial charge in [-0.3, -0.25) is 14.5 Å². The van der Waals surface area contributed by atoms with E-state index in [0.717, 1.165) is 54.1 Å². The molecule has 2 saturated carbocycles. The molecular weight excluding hydrogens is 438 g/mol. The van der Waals surface area contributed by atoms with Crippen molar-refractivity contribution >= 4 is 34.0 Å². The van der Waals surface area contributed by atoms with Crippen molar-refractivity contribution in [3.05, 3.63) is 34.6 Å². The van der Waals surface area contributed by atoms with E-state index in [1.54, 1.807) is 6.92 Å². The fourth-order valence-electron chi connectivity index (χ4n) is 4.99. The van der Waals surface area contributed by atoms with Gasteiger partial charge in [-0.05, 0) is 38.0 Å². The number of rotatable bonds is 5. The lowest BCUT2D eigenvalue weighted by Gasteiger charge is -2.47. The Hall–Kier alpha value is -2.46. The first kappa shape index (κ1) is 21.4. The van der Waals surface area contributed by atoms with Crippen LogP contribution in [0.15, 0.2) is 12.1 Å². The number of aromatic nitrogens is 2. The smallest absolute Gasteiger partial charge is 0.271 e. The maximum atomic E-state index is 13.8. The Morgan fingerprint density at radius 2 is 1.84 bits per heavy atom. The first-order chi connectivity index (χ1) is 15.4. The molecule has 3 aliphatic rings. The number of ether oxygens (including phenoxy) is 1. The molecule has 1 atom stereocenters. The van der Waals surface area contributed by atoms with Crippen molar-refractivity contribution in [3.63, 3.8) is 0 Å². The Bertz CT molecular complexity index is 1050. The minimum absolute atomic E-state index is 0.0171. The molecule has 0 radical (unpaired) electrons. The molecule has 3 heterocycles. The van der Waals surface area contributed by atoms with Gasteiger partial charge in [0.25, 0.3) is 5.91 Å². The number of nitrogens with one attached hydrogen (secondary N) is 1. The summed E-state index contributed by atoms with van der Waals surface area (Å²) in [5.41, 5.74) is 0.444. The minimum Gasteiger partial charge on any atom is -0.380 e. The third-order valence-corrected chi connectivity index (χ3v) is 7.94. The summed E-state index contributed by atoms with van der Waals surface area (Å²) in [5.74, 6) is -3.17. The van der Waals surface area contributed by atoms with Gasteiger partial charge in [0.05, 0.1) is 24.8 Å². The summed E-state index contributed by atoms with van der Waals surface area (Å²) in [5, 5.41) is 3.34. The largest absolute Gasteiger partial charge is 0.380 e. The number of carbonyl (C=O) groups excluding carboxylic acids is 2. The van der Waals surface area contributed by atoms with Gasteiger partial charge in [0.15, 0.2) is 5.13 Å². The summed E-state index contributed by atoms with van der Waals surface area (Å²) in [7, 11) is 0. The third kappa shape index (κ3) is 3.69. The van der Waals surface area contributed by atoms with Crippen LogP contribution in [0, 0.1) is 30.2 Å². The molecule has 2 aromatic heterocycles. The number of hydrogen-bond acceptors (Lipinski definition) is 6. The van der Waals surface area contributed by atoms with Gasteiger partial charge in [-0.25, -0.2) is 4.98 Å². The van der Waals surface area contributed by atoms with Gasteiger partial charge in [0.1, 0.15) is 5.69 Å². The second-order valence-electron chi connectivity index (χ2n) is 8.91. The van der Waals surface area contributed by atoms with Crippen molar-refractivity contribution < 1.29 is 23.1 Å². The van der Waals surface area contributed by atoms with Gasteiger partial charge in [-0.1, -0.05) is 12.8 Å². The highest BCUT2D eigenvalue weighted by Gasteiger charge is 2.49. The quantitative estimate of drug-likeness (QED) is 0.682. The van der Waals surface area contributed by atoms with E-state index in [-0.39, 0.29) is 53.0 Å². The van der Waals surface area contributed by atoms with Gasteiger partial charge >= 0.3 is 0 Å². The van der Waals surface area contributed by atoms with E-state index >= 15 is 0 Å². The second kappa shape index (κ2) is 8.15.